The third-order valence-corrected chi connectivity index (χ3v) is 2.46. The van der Waals surface area contributed by atoms with Gasteiger partial charge in [-0.1, -0.05) is 15.9 Å². The molecule has 6 nitrogen and oxygen atoms in total. The van der Waals surface area contributed by atoms with Crippen molar-refractivity contribution < 1.29 is 13.3 Å². The Balaban J connectivity index is 3.15. The van der Waals surface area contributed by atoms with Gasteiger partial charge in [0.05, 0.1) is 16.9 Å². The van der Waals surface area contributed by atoms with Crippen molar-refractivity contribution in [3.05, 3.63) is 32.8 Å². The first-order chi connectivity index (χ1) is 6.78. The molecule has 0 aliphatic heterocycles. The van der Waals surface area contributed by atoms with Crippen LogP contribution in [0.25, 0.3) is 0 Å². The predicted molar refractivity (Wildman–Crippen MR) is 59.3 cm³/mol. The van der Waals surface area contributed by atoms with Crippen LogP contribution in [0, 0.1) is 10.1 Å². The van der Waals surface area contributed by atoms with Gasteiger partial charge in [-0.25, -0.2) is 8.42 Å². The summed E-state index contributed by atoms with van der Waals surface area (Å²) >= 11 is 3.05. The average Bonchev–Trinajstić information content (AvgIpc) is 1.99. The fourth-order valence-electron chi connectivity index (χ4n) is 0.953. The van der Waals surface area contributed by atoms with Gasteiger partial charge in [-0.05, 0) is 6.07 Å². The Labute approximate surface area is 94.6 Å². The summed E-state index contributed by atoms with van der Waals surface area (Å²) in [6.45, 7) is 0. The van der Waals surface area contributed by atoms with Gasteiger partial charge in [-0.2, -0.15) is 0 Å². The van der Waals surface area contributed by atoms with E-state index in [4.69, 9.17) is 0 Å². The molecular formula is C7H7BrN2O4S. The van der Waals surface area contributed by atoms with E-state index in [-0.39, 0.29) is 11.4 Å². The summed E-state index contributed by atoms with van der Waals surface area (Å²) in [4.78, 5) is 9.88. The number of non-ortho nitro benzene ring substituents is 1. The topological polar surface area (TPSA) is 89.3 Å². The van der Waals surface area contributed by atoms with Crippen molar-refractivity contribution >= 4 is 37.3 Å². The third-order valence-electron chi connectivity index (χ3n) is 1.40. The Morgan fingerprint density at radius 1 is 1.40 bits per heavy atom. The number of hydrogen-bond donors (Lipinski definition) is 1. The molecule has 0 aromatic heterocycles. The van der Waals surface area contributed by atoms with Gasteiger partial charge in [-0.15, -0.1) is 0 Å². The zero-order valence-corrected chi connectivity index (χ0v) is 10.0. The highest BCUT2D eigenvalue weighted by Gasteiger charge is 2.10. The molecule has 0 fully saturated rings. The largest absolute Gasteiger partial charge is 0.283 e. The maximum atomic E-state index is 10.9. The summed E-state index contributed by atoms with van der Waals surface area (Å²) in [5, 5.41) is 10.5. The molecule has 0 unspecified atom stereocenters. The molecule has 0 heterocycles. The van der Waals surface area contributed by atoms with Crippen molar-refractivity contribution in [3.8, 4) is 0 Å². The standard InChI is InChI=1S/C7H7BrN2O4S/c1-15(13,14)9-6-2-5(8)3-7(4-6)10(11)12/h2-4,9H,1H3. The molecule has 0 radical (unpaired) electrons. The maximum Gasteiger partial charge on any atom is 0.272 e. The van der Waals surface area contributed by atoms with Crippen molar-refractivity contribution in [2.75, 3.05) is 11.0 Å². The molecule has 15 heavy (non-hydrogen) atoms. The number of halogens is 1. The number of nitrogens with zero attached hydrogens (tertiary/aromatic N) is 1. The second-order valence-electron chi connectivity index (χ2n) is 2.83. The van der Waals surface area contributed by atoms with Crippen LogP contribution in [0.1, 0.15) is 0 Å². The number of sulfonamides is 1. The van der Waals surface area contributed by atoms with Crippen molar-refractivity contribution in [2.24, 2.45) is 0 Å². The first-order valence-electron chi connectivity index (χ1n) is 3.71. The van der Waals surface area contributed by atoms with Crippen LogP contribution in [0.15, 0.2) is 22.7 Å². The van der Waals surface area contributed by atoms with Gasteiger partial charge >= 0.3 is 0 Å². The number of anilines is 1. The molecule has 0 saturated carbocycles. The van der Waals surface area contributed by atoms with Gasteiger partial charge in [0.15, 0.2) is 0 Å². The Hall–Kier alpha value is -1.15. The molecule has 0 aliphatic rings. The Kier molecular flexibility index (Phi) is 3.30. The van der Waals surface area contributed by atoms with Gasteiger partial charge in [0.25, 0.3) is 5.69 Å². The SMILES string of the molecule is CS(=O)(=O)Nc1cc(Br)cc([N+](=O)[O-])c1. The van der Waals surface area contributed by atoms with E-state index < -0.39 is 14.9 Å². The monoisotopic (exact) mass is 294 g/mol. The molecule has 1 rings (SSSR count). The molecule has 0 amide bonds. The minimum atomic E-state index is -3.43. The molecule has 1 aromatic carbocycles. The normalized spacial score (nSPS) is 11.1. The molecule has 0 aliphatic carbocycles. The van der Waals surface area contributed by atoms with Crippen molar-refractivity contribution in [2.45, 2.75) is 0 Å². The zero-order chi connectivity index (χ0) is 11.6. The van der Waals surface area contributed by atoms with Crippen molar-refractivity contribution in [1.82, 2.24) is 0 Å². The van der Waals surface area contributed by atoms with Gasteiger partial charge < -0.3 is 0 Å². The van der Waals surface area contributed by atoms with Crippen molar-refractivity contribution in [3.63, 3.8) is 0 Å². The summed E-state index contributed by atoms with van der Waals surface area (Å²) in [5.74, 6) is 0. The van der Waals surface area contributed by atoms with Crippen LogP contribution >= 0.6 is 15.9 Å². The molecule has 1 aromatic rings. The number of hydrogen-bond acceptors (Lipinski definition) is 4. The van der Waals surface area contributed by atoms with Gasteiger partial charge in [0, 0.05) is 16.6 Å². The fourth-order valence-corrected chi connectivity index (χ4v) is 1.98. The quantitative estimate of drug-likeness (QED) is 0.679. The van der Waals surface area contributed by atoms with Crippen LogP contribution in [-0.4, -0.2) is 19.6 Å². The highest BCUT2D eigenvalue weighted by molar-refractivity contribution is 9.10. The van der Waals surface area contributed by atoms with Crippen molar-refractivity contribution in [1.29, 1.82) is 0 Å². The highest BCUT2D eigenvalue weighted by Crippen LogP contribution is 2.24. The summed E-state index contributed by atoms with van der Waals surface area (Å²) < 4.78 is 24.4. The number of rotatable bonds is 3. The summed E-state index contributed by atoms with van der Waals surface area (Å²) in [7, 11) is -3.43. The van der Waals surface area contributed by atoms with Gasteiger partial charge in [-0.3, -0.25) is 14.8 Å². The minimum Gasteiger partial charge on any atom is -0.283 e. The first-order valence-corrected chi connectivity index (χ1v) is 6.39. The molecular weight excluding hydrogens is 288 g/mol. The maximum absolute atomic E-state index is 10.9. The Morgan fingerprint density at radius 3 is 2.47 bits per heavy atom. The molecule has 0 atom stereocenters. The zero-order valence-electron chi connectivity index (χ0n) is 7.60. The summed E-state index contributed by atoms with van der Waals surface area (Å²) in [6.07, 6.45) is 0.972. The number of benzene rings is 1. The number of nitrogens with one attached hydrogen (secondary N) is 1. The molecule has 0 bridgehead atoms. The number of nitro groups is 1. The van der Waals surface area contributed by atoms with E-state index in [0.29, 0.717) is 4.47 Å². The van der Waals surface area contributed by atoms with Crippen LogP contribution in [0.3, 0.4) is 0 Å². The van der Waals surface area contributed by atoms with E-state index in [9.17, 15) is 18.5 Å². The average molecular weight is 295 g/mol. The molecule has 8 heteroatoms. The van der Waals surface area contributed by atoms with E-state index in [1.54, 1.807) is 0 Å². The minimum absolute atomic E-state index is 0.151. The van der Waals surface area contributed by atoms with Crippen LogP contribution in [0.2, 0.25) is 0 Å². The second-order valence-corrected chi connectivity index (χ2v) is 5.49. The van der Waals surface area contributed by atoms with E-state index in [1.807, 2.05) is 0 Å². The lowest BCUT2D eigenvalue weighted by Gasteiger charge is -2.03. The lowest BCUT2D eigenvalue weighted by molar-refractivity contribution is -0.384. The number of nitro benzene ring substituents is 1. The highest BCUT2D eigenvalue weighted by atomic mass is 79.9. The van der Waals surface area contributed by atoms with E-state index in [2.05, 4.69) is 20.7 Å². The van der Waals surface area contributed by atoms with Gasteiger partial charge in [0.1, 0.15) is 0 Å². The van der Waals surface area contributed by atoms with Crippen LogP contribution < -0.4 is 4.72 Å². The Bertz CT molecular complexity index is 500. The van der Waals surface area contributed by atoms with Crippen LogP contribution in [0.5, 0.6) is 0 Å². The third kappa shape index (κ3) is 3.84. The smallest absolute Gasteiger partial charge is 0.272 e. The van der Waals surface area contributed by atoms with Crippen LogP contribution in [-0.2, 0) is 10.0 Å². The summed E-state index contributed by atoms with van der Waals surface area (Å²) in [5.41, 5.74) is -0.0332. The van der Waals surface area contributed by atoms with E-state index in [0.717, 1.165) is 12.3 Å². The molecule has 0 spiro atoms. The van der Waals surface area contributed by atoms with E-state index in [1.165, 1.54) is 12.1 Å². The van der Waals surface area contributed by atoms with Gasteiger partial charge in [0.2, 0.25) is 10.0 Å². The van der Waals surface area contributed by atoms with E-state index >= 15 is 0 Å². The second kappa shape index (κ2) is 4.15. The van der Waals surface area contributed by atoms with Crippen LogP contribution in [0.4, 0.5) is 11.4 Å². The molecule has 0 saturated heterocycles. The lowest BCUT2D eigenvalue weighted by Crippen LogP contribution is -2.09. The lowest BCUT2D eigenvalue weighted by atomic mass is 10.3. The molecule has 82 valence electrons. The summed E-state index contributed by atoms with van der Waals surface area (Å²) in [6, 6.07) is 3.87. The fraction of sp³-hybridized carbons (Fsp3) is 0.143. The predicted octanol–water partition coefficient (Wildman–Crippen LogP) is 1.73. The molecule has 1 N–H and O–H groups in total. The first kappa shape index (κ1) is 11.9. The Morgan fingerprint density at radius 2 is 2.00 bits per heavy atom.